The van der Waals surface area contributed by atoms with E-state index >= 15 is 0 Å². The van der Waals surface area contributed by atoms with E-state index in [4.69, 9.17) is 16.3 Å². The molecule has 0 bridgehead atoms. The van der Waals surface area contributed by atoms with Crippen molar-refractivity contribution in [1.82, 2.24) is 9.88 Å². The van der Waals surface area contributed by atoms with Crippen LogP contribution in [0.2, 0.25) is 5.15 Å². The van der Waals surface area contributed by atoms with Crippen LogP contribution in [-0.4, -0.2) is 36.1 Å². The minimum Gasteiger partial charge on any atom is -0.469 e. The highest BCUT2D eigenvalue weighted by Gasteiger charge is 2.35. The van der Waals surface area contributed by atoms with Crippen LogP contribution >= 0.6 is 11.6 Å². The number of carbonyl (C=O) groups is 1. The summed E-state index contributed by atoms with van der Waals surface area (Å²) >= 11 is 5.86. The van der Waals surface area contributed by atoms with Crippen LogP contribution in [0.15, 0.2) is 18.2 Å². The minimum atomic E-state index is -0.121. The molecule has 0 spiro atoms. The lowest BCUT2D eigenvalue weighted by atomic mass is 9.99. The molecule has 98 valence electrons. The lowest BCUT2D eigenvalue weighted by Gasteiger charge is -2.14. The summed E-state index contributed by atoms with van der Waals surface area (Å²) in [5.41, 5.74) is 0.931. The van der Waals surface area contributed by atoms with Crippen molar-refractivity contribution in [2.75, 3.05) is 20.2 Å². The van der Waals surface area contributed by atoms with Gasteiger partial charge in [-0.2, -0.15) is 0 Å². The van der Waals surface area contributed by atoms with E-state index in [9.17, 15) is 4.79 Å². The first-order valence-electron chi connectivity index (χ1n) is 6.01. The van der Waals surface area contributed by atoms with E-state index in [1.165, 1.54) is 7.11 Å². The molecule has 1 fully saturated rings. The van der Waals surface area contributed by atoms with Crippen molar-refractivity contribution in [3.63, 3.8) is 0 Å². The molecular formula is C13H17ClN2O2. The van der Waals surface area contributed by atoms with Crippen LogP contribution in [0.1, 0.15) is 12.6 Å². The lowest BCUT2D eigenvalue weighted by Crippen LogP contribution is -2.24. The van der Waals surface area contributed by atoms with E-state index in [1.807, 2.05) is 12.1 Å². The van der Waals surface area contributed by atoms with E-state index in [-0.39, 0.29) is 11.9 Å². The molecule has 0 radical (unpaired) electrons. The summed E-state index contributed by atoms with van der Waals surface area (Å²) in [7, 11) is 1.44. The van der Waals surface area contributed by atoms with Crippen molar-refractivity contribution in [2.24, 2.45) is 11.8 Å². The Hall–Kier alpha value is -1.13. The standard InChI is InChI=1S/C13H17ClN2O2/c1-9-6-16(8-11(9)13(17)18-2)7-10-4-3-5-12(14)15-10/h3-5,9,11H,6-8H2,1-2H3. The molecule has 5 heteroatoms. The number of carbonyl (C=O) groups excluding carboxylic acids is 1. The predicted molar refractivity (Wildman–Crippen MR) is 69.2 cm³/mol. The maximum Gasteiger partial charge on any atom is 0.310 e. The van der Waals surface area contributed by atoms with Crippen molar-refractivity contribution >= 4 is 17.6 Å². The number of esters is 1. The molecule has 1 aliphatic rings. The summed E-state index contributed by atoms with van der Waals surface area (Å²) in [6.45, 7) is 4.40. The average molecular weight is 269 g/mol. The number of likely N-dealkylation sites (tertiary alicyclic amines) is 1. The molecule has 1 aromatic rings. The van der Waals surface area contributed by atoms with Crippen LogP contribution in [0.25, 0.3) is 0 Å². The second-order valence-corrected chi connectivity index (χ2v) is 5.14. The molecule has 2 unspecified atom stereocenters. The Morgan fingerprint density at radius 1 is 1.56 bits per heavy atom. The highest BCUT2D eigenvalue weighted by molar-refractivity contribution is 6.29. The summed E-state index contributed by atoms with van der Waals surface area (Å²) in [5, 5.41) is 0.504. The third kappa shape index (κ3) is 3.00. The number of hydrogen-bond donors (Lipinski definition) is 0. The van der Waals surface area contributed by atoms with Gasteiger partial charge in [0.15, 0.2) is 0 Å². The Morgan fingerprint density at radius 2 is 2.33 bits per heavy atom. The molecule has 2 atom stereocenters. The maximum atomic E-state index is 11.6. The Morgan fingerprint density at radius 3 is 3.00 bits per heavy atom. The van der Waals surface area contributed by atoms with Crippen molar-refractivity contribution < 1.29 is 9.53 Å². The zero-order valence-electron chi connectivity index (χ0n) is 10.6. The Balaban J connectivity index is 1.98. The molecule has 1 aliphatic heterocycles. The van der Waals surface area contributed by atoms with Crippen LogP contribution in [0.4, 0.5) is 0 Å². The van der Waals surface area contributed by atoms with Gasteiger partial charge in [0.05, 0.1) is 18.7 Å². The molecule has 4 nitrogen and oxygen atoms in total. The molecule has 1 aromatic heterocycles. The fourth-order valence-electron chi connectivity index (χ4n) is 2.42. The van der Waals surface area contributed by atoms with E-state index in [0.29, 0.717) is 11.1 Å². The van der Waals surface area contributed by atoms with E-state index in [2.05, 4.69) is 16.8 Å². The number of rotatable bonds is 3. The average Bonchev–Trinajstić information content (AvgIpc) is 2.69. The van der Waals surface area contributed by atoms with Gasteiger partial charge in [0, 0.05) is 19.6 Å². The zero-order valence-corrected chi connectivity index (χ0v) is 11.4. The fourth-order valence-corrected chi connectivity index (χ4v) is 2.60. The second kappa shape index (κ2) is 5.67. The lowest BCUT2D eigenvalue weighted by molar-refractivity contribution is -0.146. The summed E-state index contributed by atoms with van der Waals surface area (Å²) in [6.07, 6.45) is 0. The molecule has 0 aliphatic carbocycles. The first-order chi connectivity index (χ1) is 8.60. The summed E-state index contributed by atoms with van der Waals surface area (Å²) in [5.74, 6) is 0.162. The summed E-state index contributed by atoms with van der Waals surface area (Å²) in [4.78, 5) is 18.1. The molecule has 2 heterocycles. The van der Waals surface area contributed by atoms with Crippen molar-refractivity contribution in [3.8, 4) is 0 Å². The van der Waals surface area contributed by atoms with Crippen LogP contribution in [-0.2, 0) is 16.1 Å². The monoisotopic (exact) mass is 268 g/mol. The van der Waals surface area contributed by atoms with E-state index in [0.717, 1.165) is 25.3 Å². The van der Waals surface area contributed by atoms with Gasteiger partial charge in [-0.3, -0.25) is 9.69 Å². The summed E-state index contributed by atoms with van der Waals surface area (Å²) < 4.78 is 4.82. The van der Waals surface area contributed by atoms with Gasteiger partial charge in [-0.05, 0) is 18.1 Å². The van der Waals surface area contributed by atoms with Crippen molar-refractivity contribution in [1.29, 1.82) is 0 Å². The van der Waals surface area contributed by atoms with Gasteiger partial charge in [-0.1, -0.05) is 24.6 Å². The van der Waals surface area contributed by atoms with Crippen LogP contribution in [0, 0.1) is 11.8 Å². The minimum absolute atomic E-state index is 0.0332. The molecule has 2 rings (SSSR count). The first-order valence-corrected chi connectivity index (χ1v) is 6.39. The fraction of sp³-hybridized carbons (Fsp3) is 0.538. The largest absolute Gasteiger partial charge is 0.469 e. The van der Waals surface area contributed by atoms with Crippen LogP contribution in [0.5, 0.6) is 0 Å². The van der Waals surface area contributed by atoms with Crippen LogP contribution in [0.3, 0.4) is 0 Å². The zero-order chi connectivity index (χ0) is 13.1. The van der Waals surface area contributed by atoms with Gasteiger partial charge in [0.2, 0.25) is 0 Å². The van der Waals surface area contributed by atoms with Gasteiger partial charge in [0.25, 0.3) is 0 Å². The summed E-state index contributed by atoms with van der Waals surface area (Å²) in [6, 6.07) is 5.60. The number of aromatic nitrogens is 1. The Kier molecular flexibility index (Phi) is 4.19. The van der Waals surface area contributed by atoms with Crippen molar-refractivity contribution in [3.05, 3.63) is 29.0 Å². The topological polar surface area (TPSA) is 42.4 Å². The molecular weight excluding hydrogens is 252 g/mol. The third-order valence-electron chi connectivity index (χ3n) is 3.35. The molecule has 0 N–H and O–H groups in total. The molecule has 0 amide bonds. The van der Waals surface area contributed by atoms with Gasteiger partial charge in [-0.15, -0.1) is 0 Å². The molecule has 0 aromatic carbocycles. The Labute approximate surface area is 112 Å². The van der Waals surface area contributed by atoms with E-state index < -0.39 is 0 Å². The number of methoxy groups -OCH3 is 1. The number of hydrogen-bond acceptors (Lipinski definition) is 4. The van der Waals surface area contributed by atoms with Gasteiger partial charge in [0.1, 0.15) is 5.15 Å². The smallest absolute Gasteiger partial charge is 0.310 e. The second-order valence-electron chi connectivity index (χ2n) is 4.75. The molecule has 0 saturated carbocycles. The predicted octanol–water partition coefficient (Wildman–Crippen LogP) is 1.98. The highest BCUT2D eigenvalue weighted by atomic mass is 35.5. The quantitative estimate of drug-likeness (QED) is 0.621. The maximum absolute atomic E-state index is 11.6. The number of halogens is 1. The molecule has 1 saturated heterocycles. The van der Waals surface area contributed by atoms with Crippen LogP contribution < -0.4 is 0 Å². The van der Waals surface area contributed by atoms with E-state index in [1.54, 1.807) is 6.07 Å². The Bertz CT molecular complexity index is 439. The van der Waals surface area contributed by atoms with Gasteiger partial charge in [-0.25, -0.2) is 4.98 Å². The highest BCUT2D eigenvalue weighted by Crippen LogP contribution is 2.25. The number of nitrogens with zero attached hydrogens (tertiary/aromatic N) is 2. The molecule has 18 heavy (non-hydrogen) atoms. The van der Waals surface area contributed by atoms with Gasteiger partial charge >= 0.3 is 5.97 Å². The number of pyridine rings is 1. The third-order valence-corrected chi connectivity index (χ3v) is 3.56. The number of ether oxygens (including phenoxy) is 1. The van der Waals surface area contributed by atoms with Crippen molar-refractivity contribution in [2.45, 2.75) is 13.5 Å². The normalized spacial score (nSPS) is 24.2. The van der Waals surface area contributed by atoms with Gasteiger partial charge < -0.3 is 4.74 Å². The SMILES string of the molecule is COC(=O)C1CN(Cc2cccc(Cl)n2)CC1C. The first kappa shape index (κ1) is 13.3.